The summed E-state index contributed by atoms with van der Waals surface area (Å²) in [6, 6.07) is 0. The van der Waals surface area contributed by atoms with Crippen molar-refractivity contribution in [1.29, 1.82) is 0 Å². The van der Waals surface area contributed by atoms with Crippen molar-refractivity contribution in [1.82, 2.24) is 0 Å². The van der Waals surface area contributed by atoms with Gasteiger partial charge >= 0.3 is 0 Å². The summed E-state index contributed by atoms with van der Waals surface area (Å²) in [5, 5.41) is 8.89. The van der Waals surface area contributed by atoms with Crippen LogP contribution in [0.2, 0.25) is 0 Å². The average molecular weight is 126 g/mol. The highest BCUT2D eigenvalue weighted by atomic mass is 16.3. The smallest absolute Gasteiger partial charge is 0.0462 e. The molecule has 2 aliphatic carbocycles. The Bertz CT molecular complexity index is 111. The Morgan fingerprint density at radius 2 is 2.11 bits per heavy atom. The zero-order chi connectivity index (χ0) is 6.27. The largest absolute Gasteiger partial charge is 0.396 e. The van der Waals surface area contributed by atoms with Crippen molar-refractivity contribution < 1.29 is 5.11 Å². The van der Waals surface area contributed by atoms with Gasteiger partial charge in [-0.25, -0.2) is 0 Å². The van der Waals surface area contributed by atoms with Crippen LogP contribution in [-0.2, 0) is 0 Å². The van der Waals surface area contributed by atoms with Gasteiger partial charge in [0, 0.05) is 6.61 Å². The minimum Gasteiger partial charge on any atom is -0.396 e. The molecule has 0 spiro atoms. The van der Waals surface area contributed by atoms with E-state index in [2.05, 4.69) is 0 Å². The summed E-state index contributed by atoms with van der Waals surface area (Å²) in [6.07, 6.45) is 5.59. The molecule has 2 saturated carbocycles. The van der Waals surface area contributed by atoms with Gasteiger partial charge in [-0.3, -0.25) is 0 Å². The quantitative estimate of drug-likeness (QED) is 0.563. The second-order valence-electron chi connectivity index (χ2n) is 3.62. The first-order valence-corrected chi connectivity index (χ1v) is 4.01. The molecular weight excluding hydrogens is 112 g/mol. The molecule has 52 valence electrons. The summed E-state index contributed by atoms with van der Waals surface area (Å²) in [4.78, 5) is 0. The monoisotopic (exact) mass is 126 g/mol. The van der Waals surface area contributed by atoms with Crippen LogP contribution in [0.15, 0.2) is 0 Å². The molecule has 2 fully saturated rings. The molecule has 0 radical (unpaired) electrons. The van der Waals surface area contributed by atoms with E-state index >= 15 is 0 Å². The van der Waals surface area contributed by atoms with Gasteiger partial charge in [-0.1, -0.05) is 6.42 Å². The van der Waals surface area contributed by atoms with E-state index in [0.29, 0.717) is 12.5 Å². The van der Waals surface area contributed by atoms with Crippen LogP contribution >= 0.6 is 0 Å². The molecule has 1 heteroatoms. The average Bonchev–Trinajstić information content (AvgIpc) is 2.45. The maximum absolute atomic E-state index is 8.89. The highest BCUT2D eigenvalue weighted by Gasteiger charge is 2.38. The van der Waals surface area contributed by atoms with Crippen molar-refractivity contribution >= 4 is 0 Å². The molecule has 0 heterocycles. The molecular formula is C8H14O. The van der Waals surface area contributed by atoms with E-state index in [0.717, 1.165) is 11.8 Å². The zero-order valence-corrected chi connectivity index (χ0v) is 5.71. The van der Waals surface area contributed by atoms with E-state index < -0.39 is 0 Å². The number of hydrogen-bond donors (Lipinski definition) is 1. The van der Waals surface area contributed by atoms with Crippen LogP contribution < -0.4 is 0 Å². The normalized spacial score (nSPS) is 48.3. The zero-order valence-electron chi connectivity index (χ0n) is 5.71. The fraction of sp³-hybridized carbons (Fsp3) is 1.00. The summed E-state index contributed by atoms with van der Waals surface area (Å²) >= 11 is 0. The van der Waals surface area contributed by atoms with Crippen LogP contribution in [0.1, 0.15) is 25.7 Å². The van der Waals surface area contributed by atoms with Gasteiger partial charge in [-0.15, -0.1) is 0 Å². The van der Waals surface area contributed by atoms with Crippen molar-refractivity contribution in [2.75, 3.05) is 6.61 Å². The number of aliphatic hydroxyl groups excluding tert-OH is 1. The van der Waals surface area contributed by atoms with Gasteiger partial charge in [0.1, 0.15) is 0 Å². The Kier molecular flexibility index (Phi) is 1.26. The summed E-state index contributed by atoms with van der Waals surface area (Å²) < 4.78 is 0. The van der Waals surface area contributed by atoms with Gasteiger partial charge in [0.25, 0.3) is 0 Å². The van der Waals surface area contributed by atoms with Crippen LogP contribution in [0.3, 0.4) is 0 Å². The topological polar surface area (TPSA) is 20.2 Å². The number of hydrogen-bond acceptors (Lipinski definition) is 1. The van der Waals surface area contributed by atoms with Crippen LogP contribution in [-0.4, -0.2) is 11.7 Å². The Morgan fingerprint density at radius 3 is 2.44 bits per heavy atom. The van der Waals surface area contributed by atoms with E-state index in [9.17, 15) is 0 Å². The van der Waals surface area contributed by atoms with E-state index in [1.165, 1.54) is 25.7 Å². The Hall–Kier alpha value is -0.0400. The Morgan fingerprint density at radius 1 is 1.22 bits per heavy atom. The van der Waals surface area contributed by atoms with Gasteiger partial charge in [-0.05, 0) is 37.0 Å². The summed E-state index contributed by atoms with van der Waals surface area (Å²) in [6.45, 7) is 0.446. The molecule has 0 amide bonds. The van der Waals surface area contributed by atoms with Gasteiger partial charge in [0.05, 0.1) is 0 Å². The predicted molar refractivity (Wildman–Crippen MR) is 36.0 cm³/mol. The van der Waals surface area contributed by atoms with Gasteiger partial charge in [0.15, 0.2) is 0 Å². The first kappa shape index (κ1) is 5.72. The molecule has 0 aromatic carbocycles. The molecule has 1 nitrogen and oxygen atoms in total. The van der Waals surface area contributed by atoms with Crippen LogP contribution in [0.5, 0.6) is 0 Å². The molecule has 3 atom stereocenters. The fourth-order valence-corrected chi connectivity index (χ4v) is 2.60. The van der Waals surface area contributed by atoms with E-state index in [1.54, 1.807) is 0 Å². The summed E-state index contributed by atoms with van der Waals surface area (Å²) in [5.74, 6) is 2.58. The van der Waals surface area contributed by atoms with Crippen molar-refractivity contribution in [3.05, 3.63) is 0 Å². The number of fused-ring (bicyclic) bond motifs is 2. The fourth-order valence-electron chi connectivity index (χ4n) is 2.60. The minimum absolute atomic E-state index is 0.446. The standard InChI is InChI=1S/C8H14O/c9-5-8-4-6-1-2-7(8)3-6/h6-9H,1-5H2/t6-,7+,8+/m0/s1. The Balaban J connectivity index is 2.01. The predicted octanol–water partition coefficient (Wildman–Crippen LogP) is 1.41. The van der Waals surface area contributed by atoms with Crippen molar-refractivity contribution in [3.63, 3.8) is 0 Å². The molecule has 9 heavy (non-hydrogen) atoms. The number of aliphatic hydroxyl groups is 1. The maximum atomic E-state index is 8.89. The summed E-state index contributed by atoms with van der Waals surface area (Å²) in [5.41, 5.74) is 0. The lowest BCUT2D eigenvalue weighted by Crippen LogP contribution is -2.13. The van der Waals surface area contributed by atoms with Crippen LogP contribution in [0.25, 0.3) is 0 Å². The third-order valence-corrected chi connectivity index (χ3v) is 3.12. The van der Waals surface area contributed by atoms with E-state index in [-0.39, 0.29) is 0 Å². The second-order valence-corrected chi connectivity index (χ2v) is 3.62. The molecule has 0 aromatic rings. The highest BCUT2D eigenvalue weighted by Crippen LogP contribution is 2.47. The molecule has 0 aliphatic heterocycles. The van der Waals surface area contributed by atoms with E-state index in [4.69, 9.17) is 5.11 Å². The molecule has 1 N–H and O–H groups in total. The van der Waals surface area contributed by atoms with Gasteiger partial charge in [-0.2, -0.15) is 0 Å². The van der Waals surface area contributed by atoms with Crippen molar-refractivity contribution in [3.8, 4) is 0 Å². The molecule has 0 saturated heterocycles. The first-order chi connectivity index (χ1) is 4.40. The molecule has 2 rings (SSSR count). The highest BCUT2D eigenvalue weighted by molar-refractivity contribution is 4.89. The van der Waals surface area contributed by atoms with Crippen molar-refractivity contribution in [2.24, 2.45) is 17.8 Å². The minimum atomic E-state index is 0.446. The molecule has 2 aliphatic rings. The van der Waals surface area contributed by atoms with Gasteiger partial charge < -0.3 is 5.11 Å². The first-order valence-electron chi connectivity index (χ1n) is 4.01. The summed E-state index contributed by atoms with van der Waals surface area (Å²) in [7, 11) is 0. The second kappa shape index (κ2) is 1.98. The van der Waals surface area contributed by atoms with Crippen LogP contribution in [0.4, 0.5) is 0 Å². The maximum Gasteiger partial charge on any atom is 0.0462 e. The van der Waals surface area contributed by atoms with Gasteiger partial charge in [0.2, 0.25) is 0 Å². The molecule has 2 bridgehead atoms. The van der Waals surface area contributed by atoms with Crippen LogP contribution in [0, 0.1) is 17.8 Å². The molecule has 0 unspecified atom stereocenters. The SMILES string of the molecule is OC[C@H]1C[C@H]2CC[C@@H]1C2. The molecule has 0 aromatic heterocycles. The lowest BCUT2D eigenvalue weighted by molar-refractivity contribution is 0.177. The Labute approximate surface area is 56.1 Å². The number of rotatable bonds is 1. The third kappa shape index (κ3) is 0.787. The van der Waals surface area contributed by atoms with Crippen molar-refractivity contribution in [2.45, 2.75) is 25.7 Å². The van der Waals surface area contributed by atoms with E-state index in [1.807, 2.05) is 0 Å². The lowest BCUT2D eigenvalue weighted by atomic mass is 9.90. The third-order valence-electron chi connectivity index (χ3n) is 3.12. The lowest BCUT2D eigenvalue weighted by Gasteiger charge is -2.18.